The highest BCUT2D eigenvalue weighted by Gasteiger charge is 2.17. The molecular formula is C14H16N4. The predicted molar refractivity (Wildman–Crippen MR) is 70.7 cm³/mol. The molecule has 0 bridgehead atoms. The van der Waals surface area contributed by atoms with Crippen molar-refractivity contribution in [3.8, 4) is 0 Å². The van der Waals surface area contributed by atoms with Gasteiger partial charge in [-0.2, -0.15) is 0 Å². The number of hydrogen-bond donors (Lipinski definition) is 1. The van der Waals surface area contributed by atoms with Crippen molar-refractivity contribution in [2.24, 2.45) is 0 Å². The van der Waals surface area contributed by atoms with Crippen molar-refractivity contribution in [2.45, 2.75) is 19.5 Å². The number of fused-ring (bicyclic) bond motifs is 1. The summed E-state index contributed by atoms with van der Waals surface area (Å²) in [7, 11) is 0. The van der Waals surface area contributed by atoms with Crippen LogP contribution in [0.25, 0.3) is 0 Å². The average molecular weight is 240 g/mol. The minimum Gasteiger partial charge on any atom is -0.368 e. The molecule has 0 unspecified atom stereocenters. The molecule has 0 aliphatic carbocycles. The second-order valence-corrected chi connectivity index (χ2v) is 4.65. The first-order chi connectivity index (χ1) is 8.81. The Morgan fingerprint density at radius 2 is 2.06 bits per heavy atom. The van der Waals surface area contributed by atoms with Crippen LogP contribution in [0.1, 0.15) is 16.8 Å². The van der Waals surface area contributed by atoms with Gasteiger partial charge in [-0.3, -0.25) is 4.90 Å². The lowest BCUT2D eigenvalue weighted by molar-refractivity contribution is 0.243. The molecule has 2 N–H and O–H groups in total. The highest BCUT2D eigenvalue weighted by molar-refractivity contribution is 5.27. The minimum absolute atomic E-state index is 0.380. The topological polar surface area (TPSA) is 55.0 Å². The van der Waals surface area contributed by atoms with Crippen LogP contribution in [0.15, 0.2) is 36.5 Å². The molecule has 4 heteroatoms. The Kier molecular flexibility index (Phi) is 2.94. The predicted octanol–water partition coefficient (Wildman–Crippen LogP) is 1.62. The Bertz CT molecular complexity index is 539. The zero-order valence-electron chi connectivity index (χ0n) is 10.2. The number of nitrogens with two attached hydrogens (primary N) is 1. The number of nitrogens with zero attached hydrogens (tertiary/aromatic N) is 3. The molecule has 1 aliphatic heterocycles. The monoisotopic (exact) mass is 240 g/mol. The number of benzene rings is 1. The van der Waals surface area contributed by atoms with Gasteiger partial charge in [0.15, 0.2) is 0 Å². The molecule has 1 aromatic carbocycles. The summed E-state index contributed by atoms with van der Waals surface area (Å²) in [6.45, 7) is 2.91. The molecule has 0 radical (unpaired) electrons. The van der Waals surface area contributed by atoms with E-state index >= 15 is 0 Å². The molecule has 4 nitrogen and oxygen atoms in total. The summed E-state index contributed by atoms with van der Waals surface area (Å²) in [5.41, 5.74) is 9.25. The smallest absolute Gasteiger partial charge is 0.220 e. The van der Waals surface area contributed by atoms with Gasteiger partial charge in [0.1, 0.15) is 0 Å². The van der Waals surface area contributed by atoms with Crippen LogP contribution in [0, 0.1) is 0 Å². The van der Waals surface area contributed by atoms with Gasteiger partial charge in [-0.15, -0.1) is 0 Å². The van der Waals surface area contributed by atoms with Crippen LogP contribution in [0.5, 0.6) is 0 Å². The maximum atomic E-state index is 5.60. The van der Waals surface area contributed by atoms with Crippen molar-refractivity contribution in [1.29, 1.82) is 0 Å². The van der Waals surface area contributed by atoms with Crippen LogP contribution in [0.4, 0.5) is 5.95 Å². The Morgan fingerprint density at radius 1 is 1.22 bits per heavy atom. The van der Waals surface area contributed by atoms with Crippen molar-refractivity contribution < 1.29 is 0 Å². The summed E-state index contributed by atoms with van der Waals surface area (Å²) in [5, 5.41) is 0. The van der Waals surface area contributed by atoms with Gasteiger partial charge >= 0.3 is 0 Å². The maximum absolute atomic E-state index is 5.60. The standard InChI is InChI=1S/C14H16N4/c15-14-16-8-12-10-18(7-6-13(12)17-14)9-11-4-2-1-3-5-11/h1-5,8H,6-7,9-10H2,(H2,15,16,17). The molecule has 0 fully saturated rings. The lowest BCUT2D eigenvalue weighted by atomic mass is 10.1. The number of nitrogen functional groups attached to an aromatic ring is 1. The number of aromatic nitrogens is 2. The third-order valence-corrected chi connectivity index (χ3v) is 3.28. The van der Waals surface area contributed by atoms with Gasteiger partial charge in [-0.05, 0) is 5.56 Å². The minimum atomic E-state index is 0.380. The van der Waals surface area contributed by atoms with Crippen LogP contribution < -0.4 is 5.73 Å². The molecule has 2 aromatic rings. The number of hydrogen-bond acceptors (Lipinski definition) is 4. The van der Waals surface area contributed by atoms with Gasteiger partial charge in [0.25, 0.3) is 0 Å². The zero-order chi connectivity index (χ0) is 12.4. The van der Waals surface area contributed by atoms with Crippen molar-refractivity contribution >= 4 is 5.95 Å². The Hall–Kier alpha value is -1.94. The van der Waals surface area contributed by atoms with Crippen LogP contribution in [-0.4, -0.2) is 21.4 Å². The van der Waals surface area contributed by atoms with E-state index in [4.69, 9.17) is 5.73 Å². The van der Waals surface area contributed by atoms with E-state index in [9.17, 15) is 0 Å². The van der Waals surface area contributed by atoms with Crippen molar-refractivity contribution in [1.82, 2.24) is 14.9 Å². The number of rotatable bonds is 2. The summed E-state index contributed by atoms with van der Waals surface area (Å²) in [5.74, 6) is 0.380. The van der Waals surface area contributed by atoms with Crippen LogP contribution in [-0.2, 0) is 19.5 Å². The highest BCUT2D eigenvalue weighted by atomic mass is 15.1. The SMILES string of the molecule is Nc1ncc2c(n1)CCN(Cc1ccccc1)C2. The Balaban J connectivity index is 1.73. The first kappa shape index (κ1) is 11.2. The molecule has 18 heavy (non-hydrogen) atoms. The third kappa shape index (κ3) is 2.33. The lowest BCUT2D eigenvalue weighted by Gasteiger charge is -2.27. The van der Waals surface area contributed by atoms with E-state index in [2.05, 4.69) is 39.1 Å². The van der Waals surface area contributed by atoms with E-state index < -0.39 is 0 Å². The Morgan fingerprint density at radius 3 is 2.89 bits per heavy atom. The summed E-state index contributed by atoms with van der Waals surface area (Å²) in [6.07, 6.45) is 2.81. The van der Waals surface area contributed by atoms with Crippen molar-refractivity contribution in [3.63, 3.8) is 0 Å². The lowest BCUT2D eigenvalue weighted by Crippen LogP contribution is -2.31. The van der Waals surface area contributed by atoms with Gasteiger partial charge in [0.05, 0.1) is 5.69 Å². The van der Waals surface area contributed by atoms with E-state index in [-0.39, 0.29) is 0 Å². The quantitative estimate of drug-likeness (QED) is 0.866. The molecule has 1 aromatic heterocycles. The van der Waals surface area contributed by atoms with Crippen molar-refractivity contribution in [3.05, 3.63) is 53.3 Å². The van der Waals surface area contributed by atoms with Crippen LogP contribution in [0.3, 0.4) is 0 Å². The highest BCUT2D eigenvalue weighted by Crippen LogP contribution is 2.18. The molecular weight excluding hydrogens is 224 g/mol. The second kappa shape index (κ2) is 4.74. The second-order valence-electron chi connectivity index (χ2n) is 4.65. The fourth-order valence-corrected chi connectivity index (χ4v) is 2.37. The molecule has 0 amide bonds. The molecule has 0 saturated carbocycles. The molecule has 1 aliphatic rings. The third-order valence-electron chi connectivity index (χ3n) is 3.28. The number of anilines is 1. The van der Waals surface area contributed by atoms with Crippen LogP contribution >= 0.6 is 0 Å². The fourth-order valence-electron chi connectivity index (χ4n) is 2.37. The molecule has 0 saturated heterocycles. The maximum Gasteiger partial charge on any atom is 0.220 e. The van der Waals surface area contributed by atoms with Gasteiger partial charge in [0, 0.05) is 37.8 Å². The Labute approximate surface area is 106 Å². The summed E-state index contributed by atoms with van der Waals surface area (Å²) in [4.78, 5) is 10.8. The van der Waals surface area contributed by atoms with Gasteiger partial charge < -0.3 is 5.73 Å². The first-order valence-corrected chi connectivity index (χ1v) is 6.18. The van der Waals surface area contributed by atoms with Gasteiger partial charge in [-0.25, -0.2) is 9.97 Å². The average Bonchev–Trinajstić information content (AvgIpc) is 2.40. The molecule has 0 spiro atoms. The van der Waals surface area contributed by atoms with E-state index in [1.54, 1.807) is 0 Å². The summed E-state index contributed by atoms with van der Waals surface area (Å²) < 4.78 is 0. The van der Waals surface area contributed by atoms with Gasteiger partial charge in [0.2, 0.25) is 5.95 Å². The first-order valence-electron chi connectivity index (χ1n) is 6.18. The van der Waals surface area contributed by atoms with Gasteiger partial charge in [-0.1, -0.05) is 30.3 Å². The fraction of sp³-hybridized carbons (Fsp3) is 0.286. The van der Waals surface area contributed by atoms with E-state index in [1.807, 2.05) is 12.3 Å². The van der Waals surface area contributed by atoms with E-state index in [1.165, 1.54) is 11.1 Å². The largest absolute Gasteiger partial charge is 0.368 e. The molecule has 0 atom stereocenters. The summed E-state index contributed by atoms with van der Waals surface area (Å²) >= 11 is 0. The van der Waals surface area contributed by atoms with Crippen molar-refractivity contribution in [2.75, 3.05) is 12.3 Å². The van der Waals surface area contributed by atoms with E-state index in [0.29, 0.717) is 5.95 Å². The zero-order valence-corrected chi connectivity index (χ0v) is 10.2. The summed E-state index contributed by atoms with van der Waals surface area (Å²) in [6, 6.07) is 10.5. The molecule has 2 heterocycles. The van der Waals surface area contributed by atoms with Crippen LogP contribution in [0.2, 0.25) is 0 Å². The normalized spacial score (nSPS) is 15.3. The van der Waals surface area contributed by atoms with E-state index in [0.717, 1.165) is 31.7 Å². The molecule has 3 rings (SSSR count). The molecule has 92 valence electrons.